The van der Waals surface area contributed by atoms with E-state index in [9.17, 15) is 48.5 Å². The van der Waals surface area contributed by atoms with E-state index in [-0.39, 0.29) is 11.2 Å². The summed E-state index contributed by atoms with van der Waals surface area (Å²) >= 11 is 0. The normalized spacial score (nSPS) is 32.6. The lowest BCUT2D eigenvalue weighted by atomic mass is 10.1. The first-order valence-electron chi connectivity index (χ1n) is 11.6. The predicted octanol–water partition coefficient (Wildman–Crippen LogP) is -3.60. The molecule has 10 atom stereocenters. The number of phosphoric acid groups is 4. The third-order valence-electron chi connectivity index (χ3n) is 6.00. The minimum absolute atomic E-state index is 0.148. The molecule has 2 unspecified atom stereocenters. The highest BCUT2D eigenvalue weighted by Gasteiger charge is 2.48. The van der Waals surface area contributed by atoms with Gasteiger partial charge >= 0.3 is 31.3 Å². The van der Waals surface area contributed by atoms with Gasteiger partial charge in [0.05, 0.1) is 19.5 Å². The molecule has 29 heteroatoms. The lowest BCUT2D eigenvalue weighted by Gasteiger charge is -2.19. The van der Waals surface area contributed by atoms with E-state index < -0.39 is 99.1 Å². The molecule has 0 radical (unpaired) electrons. The number of hydrogen-bond acceptors (Lipinski definition) is 17. The van der Waals surface area contributed by atoms with Gasteiger partial charge < -0.3 is 59.3 Å². The van der Waals surface area contributed by atoms with Gasteiger partial charge in [-0.2, -0.15) is 8.62 Å². The monoisotopic (exact) mass is 719 g/mol. The van der Waals surface area contributed by atoms with Crippen molar-refractivity contribution >= 4 is 42.5 Å². The van der Waals surface area contributed by atoms with Crippen molar-refractivity contribution in [3.8, 4) is 0 Å². The zero-order valence-corrected chi connectivity index (χ0v) is 24.9. The van der Waals surface area contributed by atoms with Gasteiger partial charge in [0.2, 0.25) is 0 Å². The van der Waals surface area contributed by atoms with E-state index in [2.05, 4.69) is 27.6 Å². The molecule has 0 amide bonds. The summed E-state index contributed by atoms with van der Waals surface area (Å²) in [4.78, 5) is 61.8. The van der Waals surface area contributed by atoms with Gasteiger partial charge in [-0.25, -0.2) is 28.2 Å². The van der Waals surface area contributed by atoms with Crippen molar-refractivity contribution in [3.05, 3.63) is 18.1 Å². The van der Waals surface area contributed by atoms with E-state index >= 15 is 0 Å². The van der Waals surface area contributed by atoms with Crippen LogP contribution in [0.15, 0.2) is 12.7 Å². The van der Waals surface area contributed by atoms with Crippen LogP contribution in [-0.4, -0.2) is 119 Å². The second-order valence-corrected chi connectivity index (χ2v) is 14.7. The molecule has 2 aliphatic heterocycles. The van der Waals surface area contributed by atoms with Crippen LogP contribution in [0.25, 0.3) is 11.2 Å². The Kier molecular flexibility index (Phi) is 10.2. The number of ether oxygens (including phenoxy) is 2. The summed E-state index contributed by atoms with van der Waals surface area (Å²) in [6, 6.07) is 0. The van der Waals surface area contributed by atoms with E-state index in [4.69, 9.17) is 34.5 Å². The number of nitrogens with zero attached hydrogens (tertiary/aromatic N) is 4. The van der Waals surface area contributed by atoms with Crippen LogP contribution < -0.4 is 5.49 Å². The van der Waals surface area contributed by atoms with E-state index in [1.807, 2.05) is 0 Å². The van der Waals surface area contributed by atoms with Crippen molar-refractivity contribution < 1.29 is 95.2 Å². The van der Waals surface area contributed by atoms with Crippen LogP contribution in [0, 0.1) is 5.41 Å². The minimum atomic E-state index is -5.81. The third kappa shape index (κ3) is 8.12. The van der Waals surface area contributed by atoms with Crippen LogP contribution in [0.4, 0.5) is 0 Å². The van der Waals surface area contributed by atoms with Gasteiger partial charge in [-0.3, -0.25) is 23.6 Å². The average Bonchev–Trinajstić information content (AvgIpc) is 3.50. The van der Waals surface area contributed by atoms with Crippen LogP contribution in [0.5, 0.6) is 0 Å². The highest BCUT2D eigenvalue weighted by molar-refractivity contribution is 7.66. The fourth-order valence-electron chi connectivity index (χ4n) is 4.16. The molecule has 0 aromatic carbocycles. The largest absolute Gasteiger partial charge is 0.490 e. The van der Waals surface area contributed by atoms with Crippen LogP contribution in [-0.2, 0) is 45.4 Å². The van der Waals surface area contributed by atoms with Gasteiger partial charge in [0.15, 0.2) is 29.1 Å². The van der Waals surface area contributed by atoms with Gasteiger partial charge in [-0.1, -0.05) is 0 Å². The quantitative estimate of drug-likeness (QED) is 0.0944. The molecule has 11 N–H and O–H groups in total. The Morgan fingerprint density at radius 3 is 1.73 bits per heavy atom. The van der Waals surface area contributed by atoms with Crippen molar-refractivity contribution in [1.29, 1.82) is 5.41 Å². The molecule has 2 aliphatic rings. The molecule has 0 bridgehead atoms. The van der Waals surface area contributed by atoms with Gasteiger partial charge in [0, 0.05) is 0 Å². The van der Waals surface area contributed by atoms with Crippen LogP contribution >= 0.6 is 31.3 Å². The second kappa shape index (κ2) is 12.7. The number of imidazole rings is 1. The first-order valence-corrected chi connectivity index (χ1v) is 17.6. The lowest BCUT2D eigenvalue weighted by Crippen LogP contribution is -2.36. The van der Waals surface area contributed by atoms with E-state index in [1.54, 1.807) is 0 Å². The Labute approximate surface area is 243 Å². The summed E-state index contributed by atoms with van der Waals surface area (Å²) in [5, 5.41) is 50.0. The molecule has 0 saturated carbocycles. The summed E-state index contributed by atoms with van der Waals surface area (Å²) in [5.41, 5.74) is -0.820. The highest BCUT2D eigenvalue weighted by Crippen LogP contribution is 2.66. The molecule has 0 spiro atoms. The minimum Gasteiger partial charge on any atom is -0.387 e. The molecular formula is C15H25N5O20P4. The predicted molar refractivity (Wildman–Crippen MR) is 131 cm³/mol. The Bertz CT molecular complexity index is 1620. The van der Waals surface area contributed by atoms with Gasteiger partial charge in [0.25, 0.3) is 0 Å². The zero-order valence-electron chi connectivity index (χ0n) is 21.3. The number of aromatic nitrogens is 4. The number of aliphatic hydroxyl groups excluding tert-OH is 4. The van der Waals surface area contributed by atoms with Crippen molar-refractivity contribution in [3.63, 3.8) is 0 Å². The van der Waals surface area contributed by atoms with Crippen LogP contribution in [0.3, 0.4) is 0 Å². The number of phosphoric ester groups is 2. The number of rotatable bonds is 12. The lowest BCUT2D eigenvalue weighted by molar-refractivity contribution is -0.0546. The van der Waals surface area contributed by atoms with Crippen LogP contribution in [0.1, 0.15) is 12.5 Å². The first-order chi connectivity index (χ1) is 20.1. The molecule has 4 rings (SSSR count). The van der Waals surface area contributed by atoms with E-state index in [0.29, 0.717) is 0 Å². The topological polar surface area (TPSA) is 385 Å². The number of aliphatic hydroxyl groups is 4. The number of nitrogens with one attached hydrogen (secondary N) is 1. The number of fused-ring (bicyclic) bond motifs is 1. The first kappa shape index (κ1) is 35.5. The zero-order chi connectivity index (χ0) is 33.0. The number of hydrogen-bond donors (Lipinski definition) is 11. The van der Waals surface area contributed by atoms with Gasteiger partial charge in [-0.15, -0.1) is 0 Å². The summed E-state index contributed by atoms with van der Waals surface area (Å²) in [5.74, 6) is 0. The fourth-order valence-corrected chi connectivity index (χ4v) is 7.53. The Morgan fingerprint density at radius 1 is 0.705 bits per heavy atom. The van der Waals surface area contributed by atoms with Gasteiger partial charge in [0.1, 0.15) is 43.0 Å². The molecule has 2 aromatic rings. The molecule has 25 nitrogen and oxygen atoms in total. The van der Waals surface area contributed by atoms with Crippen molar-refractivity contribution in [2.45, 2.75) is 49.1 Å². The molecule has 2 saturated heterocycles. The third-order valence-corrected chi connectivity index (χ3v) is 10.3. The molecule has 2 aromatic heterocycles. The summed E-state index contributed by atoms with van der Waals surface area (Å²) in [6.45, 7) is -1.89. The smallest absolute Gasteiger partial charge is 0.387 e. The Hall–Kier alpha value is -1.37. The molecule has 250 valence electrons. The molecular weight excluding hydrogens is 694 g/mol. The van der Waals surface area contributed by atoms with E-state index in [1.165, 1.54) is 0 Å². The summed E-state index contributed by atoms with van der Waals surface area (Å²) in [7, 11) is -22.0. The fraction of sp³-hybridized carbons (Fsp3) is 0.667. The van der Waals surface area contributed by atoms with Gasteiger partial charge in [-0.05, 0) is 0 Å². The Balaban J connectivity index is 1.48. The SMILES string of the molecule is N=c1c2ncn([C@@H]3O[C@H](COP(=O)(O)OP(=O)(O)OP(=O)(O)O)[C@H](O)[C@@H]3O)c2ncn1[C@@H]1O[C@H](COP(=O)(O)O)[C@@H](O)[C@@H]1O. The standard InChI is InChI=1S/C15H25N5O20P4/c16-12-7-13(18-4-19(12)14-10(23)8(21)5(37-14)1-35-41(25,26)27)20(3-17-7)15-11(24)9(22)6(38-15)2-36-43(31,32)40-44(33,34)39-42(28,29)30/h3-6,8-11,14-16,21-24H,1-2H2,(H,31,32)(H,33,34)(H2,25,26,27)(H2,28,29,30)/t5-,6-,8-,9+,10+,11+,14-,15-/m1/s1. The van der Waals surface area contributed by atoms with E-state index in [0.717, 1.165) is 21.8 Å². The summed E-state index contributed by atoms with van der Waals surface area (Å²) in [6.07, 6.45) is -11.1. The summed E-state index contributed by atoms with van der Waals surface area (Å²) < 4.78 is 73.9. The van der Waals surface area contributed by atoms with Crippen LogP contribution in [0.2, 0.25) is 0 Å². The molecule has 0 aliphatic carbocycles. The van der Waals surface area contributed by atoms with Crippen molar-refractivity contribution in [2.24, 2.45) is 0 Å². The second-order valence-electron chi connectivity index (χ2n) is 9.09. The highest BCUT2D eigenvalue weighted by atomic mass is 31.3. The maximum absolute atomic E-state index is 12.0. The van der Waals surface area contributed by atoms with Crippen molar-refractivity contribution in [1.82, 2.24) is 19.1 Å². The molecule has 4 heterocycles. The maximum Gasteiger partial charge on any atom is 0.490 e. The molecule has 44 heavy (non-hydrogen) atoms. The maximum atomic E-state index is 12.0. The average molecular weight is 719 g/mol. The van der Waals surface area contributed by atoms with Crippen molar-refractivity contribution in [2.75, 3.05) is 13.2 Å². The Morgan fingerprint density at radius 2 is 1.20 bits per heavy atom. The molecule has 2 fully saturated rings.